The monoisotopic (exact) mass is 300 g/mol. The number of hydrogen-bond acceptors (Lipinski definition) is 5. The Morgan fingerprint density at radius 1 is 1.38 bits per heavy atom. The Bertz CT molecular complexity index is 518. The van der Waals surface area contributed by atoms with Crippen LogP contribution in [0.15, 0.2) is 24.3 Å². The Labute approximate surface area is 120 Å². The van der Waals surface area contributed by atoms with E-state index in [0.717, 1.165) is 12.1 Å². The molecule has 1 aromatic carbocycles. The van der Waals surface area contributed by atoms with Crippen LogP contribution in [0.4, 0.5) is 4.39 Å². The molecule has 0 bridgehead atoms. The number of hydrogen-bond donors (Lipinski definition) is 3. The number of carbonyl (C=O) groups excluding carboxylic acids is 1. The SMILES string of the molecule is CCOC(=O)C(CC(O)CO)(C(=O)O)c1ccccc1F. The molecular weight excluding hydrogens is 283 g/mol. The van der Waals surface area contributed by atoms with Gasteiger partial charge < -0.3 is 20.1 Å². The van der Waals surface area contributed by atoms with Crippen LogP contribution in [0.3, 0.4) is 0 Å². The van der Waals surface area contributed by atoms with Gasteiger partial charge in [0, 0.05) is 12.0 Å². The molecule has 2 atom stereocenters. The highest BCUT2D eigenvalue weighted by Gasteiger charge is 2.52. The minimum Gasteiger partial charge on any atom is -0.480 e. The molecule has 3 N–H and O–H groups in total. The number of carboxylic acid groups (broad SMARTS) is 1. The summed E-state index contributed by atoms with van der Waals surface area (Å²) in [6.45, 7) is 0.620. The highest BCUT2D eigenvalue weighted by atomic mass is 19.1. The van der Waals surface area contributed by atoms with Gasteiger partial charge in [-0.1, -0.05) is 18.2 Å². The van der Waals surface area contributed by atoms with Gasteiger partial charge in [0.25, 0.3) is 0 Å². The largest absolute Gasteiger partial charge is 0.480 e. The van der Waals surface area contributed by atoms with Crippen LogP contribution in [0, 0.1) is 5.82 Å². The van der Waals surface area contributed by atoms with Gasteiger partial charge in [-0.25, -0.2) is 4.39 Å². The van der Waals surface area contributed by atoms with Crippen LogP contribution in [0.1, 0.15) is 18.9 Å². The van der Waals surface area contributed by atoms with E-state index in [4.69, 9.17) is 9.84 Å². The standard InChI is InChI=1S/C14H17FO6/c1-2-21-13(20)14(12(18)19,7-9(17)8-16)10-5-3-4-6-11(10)15/h3-6,9,16-17H,2,7-8H2,1H3,(H,18,19). The quantitative estimate of drug-likeness (QED) is 0.499. The van der Waals surface area contributed by atoms with Crippen molar-refractivity contribution >= 4 is 11.9 Å². The van der Waals surface area contributed by atoms with E-state index >= 15 is 0 Å². The van der Waals surface area contributed by atoms with Crippen molar-refractivity contribution in [3.63, 3.8) is 0 Å². The number of carbonyl (C=O) groups is 2. The molecule has 0 aliphatic rings. The zero-order valence-electron chi connectivity index (χ0n) is 11.5. The summed E-state index contributed by atoms with van der Waals surface area (Å²) in [7, 11) is 0. The molecule has 116 valence electrons. The summed E-state index contributed by atoms with van der Waals surface area (Å²) in [4.78, 5) is 23.8. The van der Waals surface area contributed by atoms with Gasteiger partial charge in [-0.15, -0.1) is 0 Å². The summed E-state index contributed by atoms with van der Waals surface area (Å²) in [5.74, 6) is -3.74. The summed E-state index contributed by atoms with van der Waals surface area (Å²) in [6.07, 6.45) is -2.20. The normalized spacial score (nSPS) is 15.0. The molecule has 2 unspecified atom stereocenters. The van der Waals surface area contributed by atoms with Crippen molar-refractivity contribution in [1.82, 2.24) is 0 Å². The molecule has 0 heterocycles. The smallest absolute Gasteiger partial charge is 0.328 e. The van der Waals surface area contributed by atoms with Gasteiger partial charge >= 0.3 is 11.9 Å². The maximum Gasteiger partial charge on any atom is 0.328 e. The third-order valence-electron chi connectivity index (χ3n) is 3.08. The predicted molar refractivity (Wildman–Crippen MR) is 70.1 cm³/mol. The second kappa shape index (κ2) is 7.14. The molecule has 0 radical (unpaired) electrons. The third-order valence-corrected chi connectivity index (χ3v) is 3.08. The molecule has 0 saturated carbocycles. The number of ether oxygens (including phenoxy) is 1. The van der Waals surface area contributed by atoms with Gasteiger partial charge in [0.1, 0.15) is 5.82 Å². The van der Waals surface area contributed by atoms with E-state index in [9.17, 15) is 24.2 Å². The average molecular weight is 300 g/mol. The van der Waals surface area contributed by atoms with Crippen LogP contribution >= 0.6 is 0 Å². The number of aliphatic carboxylic acids is 1. The Balaban J connectivity index is 3.48. The Morgan fingerprint density at radius 2 is 2.00 bits per heavy atom. The van der Waals surface area contributed by atoms with Crippen molar-refractivity contribution in [1.29, 1.82) is 0 Å². The van der Waals surface area contributed by atoms with Gasteiger partial charge in [0.05, 0.1) is 19.3 Å². The number of benzene rings is 1. The molecule has 7 heteroatoms. The van der Waals surface area contributed by atoms with Crippen molar-refractivity contribution in [2.75, 3.05) is 13.2 Å². The fraction of sp³-hybridized carbons (Fsp3) is 0.429. The first-order valence-electron chi connectivity index (χ1n) is 6.34. The number of aliphatic hydroxyl groups excluding tert-OH is 2. The van der Waals surface area contributed by atoms with Crippen LogP contribution < -0.4 is 0 Å². The average Bonchev–Trinajstić information content (AvgIpc) is 2.45. The Hall–Kier alpha value is -1.99. The first-order valence-corrected chi connectivity index (χ1v) is 6.34. The van der Waals surface area contributed by atoms with E-state index in [2.05, 4.69) is 0 Å². The minimum atomic E-state index is -2.41. The zero-order chi connectivity index (χ0) is 16.0. The van der Waals surface area contributed by atoms with Crippen molar-refractivity contribution in [2.45, 2.75) is 24.9 Å². The van der Waals surface area contributed by atoms with Gasteiger partial charge in [0.2, 0.25) is 0 Å². The van der Waals surface area contributed by atoms with Crippen LogP contribution in [0.2, 0.25) is 0 Å². The van der Waals surface area contributed by atoms with E-state index in [1.54, 1.807) is 0 Å². The fourth-order valence-corrected chi connectivity index (χ4v) is 2.07. The molecule has 0 fully saturated rings. The number of aliphatic hydroxyl groups is 2. The summed E-state index contributed by atoms with van der Waals surface area (Å²) < 4.78 is 18.7. The number of carboxylic acids is 1. The third kappa shape index (κ3) is 3.37. The highest BCUT2D eigenvalue weighted by Crippen LogP contribution is 2.33. The lowest BCUT2D eigenvalue weighted by Gasteiger charge is -2.29. The van der Waals surface area contributed by atoms with Crippen LogP contribution in [-0.2, 0) is 19.7 Å². The molecule has 21 heavy (non-hydrogen) atoms. The lowest BCUT2D eigenvalue weighted by molar-refractivity contribution is -0.164. The molecule has 0 saturated heterocycles. The van der Waals surface area contributed by atoms with E-state index in [1.165, 1.54) is 19.1 Å². The summed E-state index contributed by atoms with van der Waals surface area (Å²) in [6, 6.07) is 4.88. The lowest BCUT2D eigenvalue weighted by Crippen LogP contribution is -2.48. The summed E-state index contributed by atoms with van der Waals surface area (Å²) in [5.41, 5.74) is -2.83. The minimum absolute atomic E-state index is 0.0997. The van der Waals surface area contributed by atoms with Gasteiger partial charge in [0.15, 0.2) is 5.41 Å². The van der Waals surface area contributed by atoms with Gasteiger partial charge in [-0.05, 0) is 13.0 Å². The topological polar surface area (TPSA) is 104 Å². The summed E-state index contributed by atoms with van der Waals surface area (Å²) >= 11 is 0. The fourth-order valence-electron chi connectivity index (χ4n) is 2.07. The number of rotatable bonds is 7. The highest BCUT2D eigenvalue weighted by molar-refractivity contribution is 6.05. The van der Waals surface area contributed by atoms with E-state index in [-0.39, 0.29) is 6.61 Å². The van der Waals surface area contributed by atoms with E-state index < -0.39 is 47.9 Å². The van der Waals surface area contributed by atoms with Crippen molar-refractivity contribution < 1.29 is 34.0 Å². The second-order valence-corrected chi connectivity index (χ2v) is 4.45. The molecule has 0 aliphatic heterocycles. The second-order valence-electron chi connectivity index (χ2n) is 4.45. The predicted octanol–water partition coefficient (Wildman–Crippen LogP) is 0.454. The van der Waals surface area contributed by atoms with E-state index in [0.29, 0.717) is 0 Å². The maximum absolute atomic E-state index is 14.0. The first-order chi connectivity index (χ1) is 9.90. The molecule has 0 aliphatic carbocycles. The van der Waals surface area contributed by atoms with E-state index in [1.807, 2.05) is 0 Å². The molecule has 6 nitrogen and oxygen atoms in total. The number of esters is 1. The van der Waals surface area contributed by atoms with Gasteiger partial charge in [-0.3, -0.25) is 9.59 Å². The molecular formula is C14H17FO6. The zero-order valence-corrected chi connectivity index (χ0v) is 11.5. The van der Waals surface area contributed by atoms with Crippen LogP contribution in [-0.4, -0.2) is 46.6 Å². The molecule has 0 aromatic heterocycles. The van der Waals surface area contributed by atoms with Crippen molar-refractivity contribution in [2.24, 2.45) is 0 Å². The Kier molecular flexibility index (Phi) is 5.80. The van der Waals surface area contributed by atoms with Crippen molar-refractivity contribution in [3.8, 4) is 0 Å². The Morgan fingerprint density at radius 3 is 2.48 bits per heavy atom. The van der Waals surface area contributed by atoms with Crippen molar-refractivity contribution in [3.05, 3.63) is 35.6 Å². The molecule has 1 aromatic rings. The van der Waals surface area contributed by atoms with Crippen LogP contribution in [0.25, 0.3) is 0 Å². The lowest BCUT2D eigenvalue weighted by atomic mass is 9.75. The van der Waals surface area contributed by atoms with Crippen LogP contribution in [0.5, 0.6) is 0 Å². The number of halogens is 1. The molecule has 1 rings (SSSR count). The summed E-state index contributed by atoms with van der Waals surface area (Å²) in [5, 5.41) is 28.0. The van der Waals surface area contributed by atoms with Gasteiger partial charge in [-0.2, -0.15) is 0 Å². The first kappa shape index (κ1) is 17.1. The maximum atomic E-state index is 14.0. The molecule has 0 amide bonds. The molecule has 0 spiro atoms.